The Labute approximate surface area is 120 Å². The van der Waals surface area contributed by atoms with Crippen LogP contribution in [-0.4, -0.2) is 4.98 Å². The number of rotatable bonds is 2. The van der Waals surface area contributed by atoms with E-state index in [4.69, 9.17) is 11.6 Å². The summed E-state index contributed by atoms with van der Waals surface area (Å²) in [5.41, 5.74) is 3.24. The van der Waals surface area contributed by atoms with Gasteiger partial charge in [-0.05, 0) is 28.5 Å². The van der Waals surface area contributed by atoms with Gasteiger partial charge in [-0.15, -0.1) is 0 Å². The summed E-state index contributed by atoms with van der Waals surface area (Å²) in [4.78, 5) is 4.54. The fourth-order valence-corrected chi connectivity index (χ4v) is 2.62. The van der Waals surface area contributed by atoms with Crippen LogP contribution in [0.25, 0.3) is 11.3 Å². The molecule has 1 aromatic carbocycles. The van der Waals surface area contributed by atoms with E-state index in [1.54, 1.807) is 0 Å². The van der Waals surface area contributed by atoms with E-state index in [0.29, 0.717) is 5.92 Å². The minimum Gasteiger partial charge on any atom is -0.255 e. The third kappa shape index (κ3) is 2.63. The lowest BCUT2D eigenvalue weighted by Gasteiger charge is -2.15. The van der Waals surface area contributed by atoms with E-state index in [1.807, 2.05) is 24.4 Å². The van der Waals surface area contributed by atoms with Gasteiger partial charge in [-0.3, -0.25) is 4.98 Å². The van der Waals surface area contributed by atoms with Crippen molar-refractivity contribution in [3.05, 3.63) is 50.7 Å². The molecule has 0 atom stereocenters. The number of nitrogens with zero attached hydrogens (tertiary/aromatic N) is 1. The lowest BCUT2D eigenvalue weighted by molar-refractivity contribution is 0.860. The van der Waals surface area contributed by atoms with Crippen LogP contribution in [0.3, 0.4) is 0 Å². The maximum absolute atomic E-state index is 6.40. The first-order valence-electron chi connectivity index (χ1n) is 5.50. The van der Waals surface area contributed by atoms with Crippen molar-refractivity contribution in [1.82, 2.24) is 4.98 Å². The molecular formula is C14H13ClIN. The summed E-state index contributed by atoms with van der Waals surface area (Å²) in [5.74, 6) is 0.361. The van der Waals surface area contributed by atoms with Crippen molar-refractivity contribution >= 4 is 34.2 Å². The molecule has 0 N–H and O–H groups in total. The molecule has 0 aliphatic rings. The molecule has 0 fully saturated rings. The standard InChI is InChI=1S/C14H13ClIN/c1-9(2)12-13(15)11(16)8-17-14(12)10-6-4-3-5-7-10/h3-9H,1-2H3. The molecule has 2 aromatic rings. The average Bonchev–Trinajstić information content (AvgIpc) is 2.33. The van der Waals surface area contributed by atoms with E-state index in [9.17, 15) is 0 Å². The van der Waals surface area contributed by atoms with Crippen LogP contribution in [0.1, 0.15) is 25.3 Å². The Kier molecular flexibility index (Phi) is 4.05. The number of hydrogen-bond donors (Lipinski definition) is 0. The monoisotopic (exact) mass is 357 g/mol. The van der Waals surface area contributed by atoms with E-state index in [0.717, 1.165) is 25.4 Å². The SMILES string of the molecule is CC(C)c1c(-c2ccccc2)ncc(I)c1Cl. The molecule has 0 aliphatic carbocycles. The number of pyridine rings is 1. The van der Waals surface area contributed by atoms with Crippen LogP contribution in [0.15, 0.2) is 36.5 Å². The Balaban J connectivity index is 2.67. The maximum Gasteiger partial charge on any atom is 0.0752 e. The Morgan fingerprint density at radius 1 is 1.18 bits per heavy atom. The molecule has 0 saturated carbocycles. The van der Waals surface area contributed by atoms with Crippen LogP contribution < -0.4 is 0 Å². The highest BCUT2D eigenvalue weighted by Crippen LogP contribution is 2.35. The molecule has 1 nitrogen and oxygen atoms in total. The molecule has 88 valence electrons. The zero-order valence-electron chi connectivity index (χ0n) is 9.74. The van der Waals surface area contributed by atoms with Crippen LogP contribution in [0.2, 0.25) is 5.02 Å². The second-order valence-electron chi connectivity index (χ2n) is 4.20. The van der Waals surface area contributed by atoms with Gasteiger partial charge < -0.3 is 0 Å². The highest BCUT2D eigenvalue weighted by atomic mass is 127. The molecule has 1 aromatic heterocycles. The third-order valence-electron chi connectivity index (χ3n) is 2.63. The normalized spacial score (nSPS) is 10.9. The highest BCUT2D eigenvalue weighted by Gasteiger charge is 2.16. The summed E-state index contributed by atoms with van der Waals surface area (Å²) in [6.45, 7) is 4.29. The molecule has 3 heteroatoms. The van der Waals surface area contributed by atoms with Gasteiger partial charge in [0.2, 0.25) is 0 Å². The lowest BCUT2D eigenvalue weighted by atomic mass is 9.97. The number of hydrogen-bond acceptors (Lipinski definition) is 1. The molecule has 0 saturated heterocycles. The molecule has 0 aliphatic heterocycles. The van der Waals surface area contributed by atoms with Gasteiger partial charge >= 0.3 is 0 Å². The predicted molar refractivity (Wildman–Crippen MR) is 81.5 cm³/mol. The van der Waals surface area contributed by atoms with Crippen molar-refractivity contribution in [2.75, 3.05) is 0 Å². The van der Waals surface area contributed by atoms with Gasteiger partial charge in [0, 0.05) is 17.3 Å². The first kappa shape index (κ1) is 12.8. The second-order valence-corrected chi connectivity index (χ2v) is 5.74. The van der Waals surface area contributed by atoms with Gasteiger partial charge in [0.1, 0.15) is 0 Å². The largest absolute Gasteiger partial charge is 0.255 e. The van der Waals surface area contributed by atoms with E-state index < -0.39 is 0 Å². The van der Waals surface area contributed by atoms with E-state index in [-0.39, 0.29) is 0 Å². The first-order chi connectivity index (χ1) is 8.11. The fourth-order valence-electron chi connectivity index (χ4n) is 1.83. The lowest BCUT2D eigenvalue weighted by Crippen LogP contribution is -1.98. The Bertz CT molecular complexity index is 523. The topological polar surface area (TPSA) is 12.9 Å². The van der Waals surface area contributed by atoms with Crippen LogP contribution in [0, 0.1) is 3.57 Å². The molecule has 0 bridgehead atoms. The Morgan fingerprint density at radius 3 is 2.41 bits per heavy atom. The van der Waals surface area contributed by atoms with Gasteiger partial charge in [-0.25, -0.2) is 0 Å². The Morgan fingerprint density at radius 2 is 1.82 bits per heavy atom. The maximum atomic E-state index is 6.40. The molecule has 17 heavy (non-hydrogen) atoms. The van der Waals surface area contributed by atoms with Crippen LogP contribution in [0.4, 0.5) is 0 Å². The van der Waals surface area contributed by atoms with Crippen molar-refractivity contribution in [3.8, 4) is 11.3 Å². The molecule has 0 amide bonds. The molecule has 2 rings (SSSR count). The summed E-state index contributed by atoms with van der Waals surface area (Å²) in [7, 11) is 0. The minimum atomic E-state index is 0.361. The van der Waals surface area contributed by atoms with Crippen molar-refractivity contribution < 1.29 is 0 Å². The third-order valence-corrected chi connectivity index (χ3v) is 4.18. The number of benzene rings is 1. The van der Waals surface area contributed by atoms with E-state index in [2.05, 4.69) is 53.6 Å². The fraction of sp³-hybridized carbons (Fsp3) is 0.214. The van der Waals surface area contributed by atoms with Crippen LogP contribution in [0.5, 0.6) is 0 Å². The van der Waals surface area contributed by atoms with E-state index in [1.165, 1.54) is 0 Å². The van der Waals surface area contributed by atoms with Crippen molar-refractivity contribution in [3.63, 3.8) is 0 Å². The molecule has 0 radical (unpaired) electrons. The highest BCUT2D eigenvalue weighted by molar-refractivity contribution is 14.1. The summed E-state index contributed by atoms with van der Waals surface area (Å²) in [5, 5.41) is 0.828. The minimum absolute atomic E-state index is 0.361. The summed E-state index contributed by atoms with van der Waals surface area (Å²) in [6.07, 6.45) is 1.83. The quantitative estimate of drug-likeness (QED) is 0.679. The zero-order chi connectivity index (χ0) is 12.4. The predicted octanol–water partition coefficient (Wildman–Crippen LogP) is 5.13. The molecular weight excluding hydrogens is 345 g/mol. The van der Waals surface area contributed by atoms with Gasteiger partial charge in [0.15, 0.2) is 0 Å². The molecule has 1 heterocycles. The molecule has 0 spiro atoms. The first-order valence-corrected chi connectivity index (χ1v) is 6.96. The number of halogens is 2. The van der Waals surface area contributed by atoms with E-state index >= 15 is 0 Å². The van der Waals surface area contributed by atoms with Crippen molar-refractivity contribution in [1.29, 1.82) is 0 Å². The Hall–Kier alpha value is -0.610. The average molecular weight is 358 g/mol. The van der Waals surface area contributed by atoms with Crippen LogP contribution >= 0.6 is 34.2 Å². The second kappa shape index (κ2) is 5.36. The summed E-state index contributed by atoms with van der Waals surface area (Å²) >= 11 is 8.62. The van der Waals surface area contributed by atoms with Gasteiger partial charge in [0.05, 0.1) is 14.3 Å². The van der Waals surface area contributed by atoms with Crippen molar-refractivity contribution in [2.45, 2.75) is 19.8 Å². The smallest absolute Gasteiger partial charge is 0.0752 e. The summed E-state index contributed by atoms with van der Waals surface area (Å²) < 4.78 is 1.01. The van der Waals surface area contributed by atoms with Gasteiger partial charge in [0.25, 0.3) is 0 Å². The van der Waals surface area contributed by atoms with Gasteiger partial charge in [-0.2, -0.15) is 0 Å². The molecule has 0 unspecified atom stereocenters. The summed E-state index contributed by atoms with van der Waals surface area (Å²) in [6, 6.07) is 10.2. The van der Waals surface area contributed by atoms with Crippen LogP contribution in [-0.2, 0) is 0 Å². The van der Waals surface area contributed by atoms with Gasteiger partial charge in [-0.1, -0.05) is 55.8 Å². The van der Waals surface area contributed by atoms with Crippen molar-refractivity contribution in [2.24, 2.45) is 0 Å². The zero-order valence-corrected chi connectivity index (χ0v) is 12.7. The number of aromatic nitrogens is 1.